The van der Waals surface area contributed by atoms with E-state index in [1.165, 1.54) is 6.92 Å². The largest absolute Gasteiger partial charge is 0.380 e. The van der Waals surface area contributed by atoms with Gasteiger partial charge in [0.1, 0.15) is 6.07 Å². The summed E-state index contributed by atoms with van der Waals surface area (Å²) in [6, 6.07) is 15.2. The van der Waals surface area contributed by atoms with Crippen molar-refractivity contribution in [2.75, 3.05) is 10.6 Å². The van der Waals surface area contributed by atoms with E-state index in [4.69, 9.17) is 5.26 Å². The molecule has 0 bridgehead atoms. The molecule has 1 amide bonds. The maximum Gasteiger partial charge on any atom is 0.221 e. The zero-order valence-corrected chi connectivity index (χ0v) is 13.1. The van der Waals surface area contributed by atoms with Crippen molar-refractivity contribution in [1.29, 1.82) is 5.26 Å². The van der Waals surface area contributed by atoms with Crippen molar-refractivity contribution in [2.45, 2.75) is 13.5 Å². The number of rotatable bonds is 4. The number of nitrogens with one attached hydrogen (secondary N) is 2. The summed E-state index contributed by atoms with van der Waals surface area (Å²) >= 11 is 3.39. The number of carbonyl (C=O) groups excluding carboxylic acids is 1. The molecule has 2 aromatic carbocycles. The van der Waals surface area contributed by atoms with E-state index in [9.17, 15) is 4.79 Å². The first-order chi connectivity index (χ1) is 10.1. The molecule has 2 aromatic rings. The van der Waals surface area contributed by atoms with Crippen LogP contribution in [0, 0.1) is 11.3 Å². The maximum atomic E-state index is 11.2. The lowest BCUT2D eigenvalue weighted by Crippen LogP contribution is -2.10. The molecule has 0 fully saturated rings. The smallest absolute Gasteiger partial charge is 0.221 e. The number of para-hydroxylation sites is 1. The molecule has 0 aliphatic carbocycles. The quantitative estimate of drug-likeness (QED) is 0.884. The number of hydrogen-bond acceptors (Lipinski definition) is 3. The highest BCUT2D eigenvalue weighted by molar-refractivity contribution is 9.10. The van der Waals surface area contributed by atoms with Gasteiger partial charge in [0, 0.05) is 23.6 Å². The Hall–Kier alpha value is -2.32. The first-order valence-corrected chi connectivity index (χ1v) is 7.18. The summed E-state index contributed by atoms with van der Waals surface area (Å²) in [5.74, 6) is -0.109. The molecule has 0 unspecified atom stereocenters. The molecule has 106 valence electrons. The third-order valence-electron chi connectivity index (χ3n) is 2.90. The molecule has 0 radical (unpaired) electrons. The van der Waals surface area contributed by atoms with Crippen LogP contribution in [0.1, 0.15) is 18.1 Å². The van der Waals surface area contributed by atoms with Crippen molar-refractivity contribution >= 4 is 33.2 Å². The van der Waals surface area contributed by atoms with Crippen molar-refractivity contribution in [1.82, 2.24) is 0 Å². The van der Waals surface area contributed by atoms with Gasteiger partial charge in [0.2, 0.25) is 5.91 Å². The number of carbonyl (C=O) groups is 1. The van der Waals surface area contributed by atoms with Gasteiger partial charge in [0.25, 0.3) is 0 Å². The maximum absolute atomic E-state index is 11.2. The highest BCUT2D eigenvalue weighted by Crippen LogP contribution is 2.23. The monoisotopic (exact) mass is 343 g/mol. The summed E-state index contributed by atoms with van der Waals surface area (Å²) in [5.41, 5.74) is 3.06. The highest BCUT2D eigenvalue weighted by atomic mass is 79.9. The van der Waals surface area contributed by atoms with Crippen molar-refractivity contribution in [3.05, 3.63) is 58.1 Å². The average Bonchev–Trinajstić information content (AvgIpc) is 2.46. The summed E-state index contributed by atoms with van der Waals surface area (Å²) < 4.78 is 0.902. The van der Waals surface area contributed by atoms with E-state index in [-0.39, 0.29) is 5.91 Å². The third kappa shape index (κ3) is 4.07. The Labute approximate surface area is 131 Å². The fourth-order valence-electron chi connectivity index (χ4n) is 1.94. The first kappa shape index (κ1) is 15.1. The minimum atomic E-state index is -0.109. The van der Waals surface area contributed by atoms with Gasteiger partial charge in [-0.3, -0.25) is 4.79 Å². The first-order valence-electron chi connectivity index (χ1n) is 6.39. The van der Waals surface area contributed by atoms with Crippen molar-refractivity contribution in [3.63, 3.8) is 0 Å². The van der Waals surface area contributed by atoms with E-state index in [1.54, 1.807) is 6.07 Å². The Morgan fingerprint density at radius 1 is 1.24 bits per heavy atom. The summed E-state index contributed by atoms with van der Waals surface area (Å²) in [5, 5.41) is 15.1. The van der Waals surface area contributed by atoms with Gasteiger partial charge < -0.3 is 10.6 Å². The molecule has 21 heavy (non-hydrogen) atoms. The molecule has 4 nitrogen and oxygen atoms in total. The number of hydrogen-bond donors (Lipinski definition) is 2. The third-order valence-corrected chi connectivity index (χ3v) is 3.39. The standard InChI is InChI=1S/C16H14BrN3O/c1-11(21)20-15-5-3-2-4-13(15)10-19-16-8-14(17)7-6-12(16)9-18/h2-8,19H,10H2,1H3,(H,20,21). The van der Waals surface area contributed by atoms with Crippen LogP contribution >= 0.6 is 15.9 Å². The zero-order valence-electron chi connectivity index (χ0n) is 11.5. The van der Waals surface area contributed by atoms with Gasteiger partial charge in [0.15, 0.2) is 0 Å². The normalized spacial score (nSPS) is 9.76. The SMILES string of the molecule is CC(=O)Nc1ccccc1CNc1cc(Br)ccc1C#N. The summed E-state index contributed by atoms with van der Waals surface area (Å²) in [4.78, 5) is 11.2. The van der Waals surface area contributed by atoms with Crippen molar-refractivity contribution in [3.8, 4) is 6.07 Å². The van der Waals surface area contributed by atoms with E-state index in [2.05, 4.69) is 32.6 Å². The molecular formula is C16H14BrN3O. The van der Waals surface area contributed by atoms with Gasteiger partial charge in [-0.2, -0.15) is 5.26 Å². The number of anilines is 2. The summed E-state index contributed by atoms with van der Waals surface area (Å²) in [7, 11) is 0. The minimum absolute atomic E-state index is 0.109. The lowest BCUT2D eigenvalue weighted by molar-refractivity contribution is -0.114. The van der Waals surface area contributed by atoms with E-state index < -0.39 is 0 Å². The van der Waals surface area contributed by atoms with Crippen LogP contribution in [0.25, 0.3) is 0 Å². The summed E-state index contributed by atoms with van der Waals surface area (Å²) in [6.07, 6.45) is 0. The fourth-order valence-corrected chi connectivity index (χ4v) is 2.30. The number of halogens is 1. The molecular weight excluding hydrogens is 330 g/mol. The molecule has 0 heterocycles. The Bertz CT molecular complexity index is 707. The Balaban J connectivity index is 2.19. The van der Waals surface area contributed by atoms with E-state index in [0.717, 1.165) is 21.4 Å². The molecule has 0 aliphatic heterocycles. The predicted molar refractivity (Wildman–Crippen MR) is 86.9 cm³/mol. The Morgan fingerprint density at radius 3 is 2.71 bits per heavy atom. The van der Waals surface area contributed by atoms with Crippen LogP contribution in [0.15, 0.2) is 46.9 Å². The number of amides is 1. The van der Waals surface area contributed by atoms with Crippen LogP contribution in [0.4, 0.5) is 11.4 Å². The molecule has 5 heteroatoms. The van der Waals surface area contributed by atoms with Crippen molar-refractivity contribution in [2.24, 2.45) is 0 Å². The second-order valence-corrected chi connectivity index (χ2v) is 5.41. The Morgan fingerprint density at radius 2 is 2.00 bits per heavy atom. The number of nitrogens with zero attached hydrogens (tertiary/aromatic N) is 1. The van der Waals surface area contributed by atoms with Crippen LogP contribution in [-0.2, 0) is 11.3 Å². The van der Waals surface area contributed by atoms with Gasteiger partial charge in [-0.1, -0.05) is 34.1 Å². The van der Waals surface area contributed by atoms with Crippen LogP contribution in [-0.4, -0.2) is 5.91 Å². The van der Waals surface area contributed by atoms with Crippen LogP contribution in [0.2, 0.25) is 0 Å². The molecule has 2 rings (SSSR count). The molecule has 0 saturated carbocycles. The van der Waals surface area contributed by atoms with Crippen molar-refractivity contribution < 1.29 is 4.79 Å². The summed E-state index contributed by atoms with van der Waals surface area (Å²) in [6.45, 7) is 1.99. The molecule has 0 atom stereocenters. The second-order valence-electron chi connectivity index (χ2n) is 4.49. The van der Waals surface area contributed by atoms with Gasteiger partial charge in [0.05, 0.1) is 11.3 Å². The van der Waals surface area contributed by atoms with Gasteiger partial charge in [-0.15, -0.1) is 0 Å². The van der Waals surface area contributed by atoms with Gasteiger partial charge in [-0.25, -0.2) is 0 Å². The minimum Gasteiger partial charge on any atom is -0.380 e. The number of nitriles is 1. The van der Waals surface area contributed by atoms with Gasteiger partial charge >= 0.3 is 0 Å². The lowest BCUT2D eigenvalue weighted by atomic mass is 10.1. The fraction of sp³-hybridized carbons (Fsp3) is 0.125. The van der Waals surface area contributed by atoms with E-state index in [0.29, 0.717) is 12.1 Å². The zero-order chi connectivity index (χ0) is 15.2. The molecule has 0 spiro atoms. The van der Waals surface area contributed by atoms with Crippen LogP contribution < -0.4 is 10.6 Å². The Kier molecular flexibility index (Phi) is 4.96. The molecule has 0 aromatic heterocycles. The molecule has 0 saturated heterocycles. The lowest BCUT2D eigenvalue weighted by Gasteiger charge is -2.12. The number of benzene rings is 2. The topological polar surface area (TPSA) is 64.9 Å². The second kappa shape index (κ2) is 6.91. The predicted octanol–water partition coefficient (Wildman–Crippen LogP) is 3.89. The molecule has 2 N–H and O–H groups in total. The highest BCUT2D eigenvalue weighted by Gasteiger charge is 2.06. The average molecular weight is 344 g/mol. The van der Waals surface area contributed by atoms with Gasteiger partial charge in [-0.05, 0) is 29.8 Å². The van der Waals surface area contributed by atoms with Crippen LogP contribution in [0.5, 0.6) is 0 Å². The molecule has 0 aliphatic rings. The van der Waals surface area contributed by atoms with E-state index >= 15 is 0 Å². The van der Waals surface area contributed by atoms with E-state index in [1.807, 2.05) is 36.4 Å². The van der Waals surface area contributed by atoms with Crippen LogP contribution in [0.3, 0.4) is 0 Å².